The molecule has 1 aromatic heterocycles. The second-order valence-electron chi connectivity index (χ2n) is 4.99. The SMILES string of the molecule is CCCOC(=O)Oc1cc2ccc(=O)oc2cc1OC(=O)OCCC. The van der Waals surface area contributed by atoms with Crippen molar-refractivity contribution in [3.05, 3.63) is 34.7 Å². The normalized spacial score (nSPS) is 10.3. The maximum Gasteiger partial charge on any atom is 0.513 e. The van der Waals surface area contributed by atoms with Crippen molar-refractivity contribution in [3.8, 4) is 11.5 Å². The Morgan fingerprint density at radius 3 is 2.04 bits per heavy atom. The predicted molar refractivity (Wildman–Crippen MR) is 87.0 cm³/mol. The van der Waals surface area contributed by atoms with E-state index in [4.69, 9.17) is 23.4 Å². The van der Waals surface area contributed by atoms with Crippen molar-refractivity contribution < 1.29 is 33.0 Å². The minimum atomic E-state index is -0.966. The maximum atomic E-state index is 11.7. The first-order chi connectivity index (χ1) is 12.0. The Balaban J connectivity index is 2.32. The van der Waals surface area contributed by atoms with E-state index in [1.54, 1.807) is 0 Å². The van der Waals surface area contributed by atoms with Crippen molar-refractivity contribution >= 4 is 23.3 Å². The van der Waals surface area contributed by atoms with Crippen molar-refractivity contribution in [2.24, 2.45) is 0 Å². The van der Waals surface area contributed by atoms with Crippen LogP contribution < -0.4 is 15.1 Å². The van der Waals surface area contributed by atoms with E-state index < -0.39 is 17.9 Å². The van der Waals surface area contributed by atoms with Crippen LogP contribution in [0.15, 0.2) is 33.5 Å². The number of carbonyl (C=O) groups excluding carboxylic acids is 2. The summed E-state index contributed by atoms with van der Waals surface area (Å²) >= 11 is 0. The third kappa shape index (κ3) is 5.23. The van der Waals surface area contributed by atoms with Crippen molar-refractivity contribution in [1.29, 1.82) is 0 Å². The molecule has 0 saturated carbocycles. The number of carbonyl (C=O) groups is 2. The van der Waals surface area contributed by atoms with E-state index in [1.807, 2.05) is 13.8 Å². The van der Waals surface area contributed by atoms with Gasteiger partial charge in [0.15, 0.2) is 11.5 Å². The van der Waals surface area contributed by atoms with Crippen LogP contribution in [-0.2, 0) is 9.47 Å². The summed E-state index contributed by atoms with van der Waals surface area (Å²) in [5, 5.41) is 0.479. The van der Waals surface area contributed by atoms with Gasteiger partial charge in [-0.15, -0.1) is 0 Å². The number of benzene rings is 1. The second-order valence-corrected chi connectivity index (χ2v) is 4.99. The molecular weight excluding hydrogens is 332 g/mol. The van der Waals surface area contributed by atoms with E-state index in [9.17, 15) is 14.4 Å². The van der Waals surface area contributed by atoms with Crippen LogP contribution in [0.2, 0.25) is 0 Å². The van der Waals surface area contributed by atoms with Gasteiger partial charge in [-0.25, -0.2) is 14.4 Å². The van der Waals surface area contributed by atoms with Gasteiger partial charge in [0.05, 0.1) is 13.2 Å². The number of ether oxygens (including phenoxy) is 4. The Bertz CT molecular complexity index is 808. The average molecular weight is 350 g/mol. The molecule has 0 aliphatic heterocycles. The number of rotatable bonds is 6. The van der Waals surface area contributed by atoms with E-state index in [0.29, 0.717) is 18.2 Å². The smallest absolute Gasteiger partial charge is 0.434 e. The van der Waals surface area contributed by atoms with Gasteiger partial charge in [0, 0.05) is 17.5 Å². The quantitative estimate of drug-likeness (QED) is 0.442. The van der Waals surface area contributed by atoms with E-state index in [0.717, 1.165) is 0 Å². The first-order valence-electron chi connectivity index (χ1n) is 7.80. The molecule has 0 N–H and O–H groups in total. The number of fused-ring (bicyclic) bond motifs is 1. The third-order valence-corrected chi connectivity index (χ3v) is 2.92. The van der Waals surface area contributed by atoms with Crippen LogP contribution in [0.5, 0.6) is 11.5 Å². The first kappa shape index (κ1) is 18.3. The summed E-state index contributed by atoms with van der Waals surface area (Å²) in [7, 11) is 0. The Labute approximate surface area is 143 Å². The van der Waals surface area contributed by atoms with Crippen molar-refractivity contribution in [3.63, 3.8) is 0 Å². The highest BCUT2D eigenvalue weighted by Crippen LogP contribution is 2.32. The highest BCUT2D eigenvalue weighted by Gasteiger charge is 2.17. The number of hydrogen-bond donors (Lipinski definition) is 0. The van der Waals surface area contributed by atoms with Gasteiger partial charge in [-0.2, -0.15) is 0 Å². The van der Waals surface area contributed by atoms with Crippen LogP contribution in [0, 0.1) is 0 Å². The van der Waals surface area contributed by atoms with Crippen LogP contribution in [0.25, 0.3) is 11.0 Å². The van der Waals surface area contributed by atoms with Gasteiger partial charge in [0.2, 0.25) is 0 Å². The molecule has 2 aromatic rings. The lowest BCUT2D eigenvalue weighted by Crippen LogP contribution is -2.15. The van der Waals surface area contributed by atoms with E-state index in [2.05, 4.69) is 0 Å². The molecule has 0 fully saturated rings. The topological polar surface area (TPSA) is 101 Å². The third-order valence-electron chi connectivity index (χ3n) is 2.92. The van der Waals surface area contributed by atoms with E-state index in [1.165, 1.54) is 24.3 Å². The Kier molecular flexibility index (Phi) is 6.39. The van der Waals surface area contributed by atoms with Gasteiger partial charge in [-0.05, 0) is 25.0 Å². The second kappa shape index (κ2) is 8.72. The molecule has 1 aromatic carbocycles. The molecule has 134 valence electrons. The summed E-state index contributed by atoms with van der Waals surface area (Å²) < 4.78 is 24.8. The summed E-state index contributed by atoms with van der Waals surface area (Å²) in [4.78, 5) is 34.7. The summed E-state index contributed by atoms with van der Waals surface area (Å²) in [6, 6.07) is 5.38. The monoisotopic (exact) mass is 350 g/mol. The molecule has 0 aliphatic carbocycles. The standard InChI is InChI=1S/C17H18O8/c1-3-7-21-16(19)24-13-9-11-5-6-15(18)23-12(11)10-14(13)25-17(20)22-8-4-2/h5-6,9-10H,3-4,7-8H2,1-2H3. The first-order valence-corrected chi connectivity index (χ1v) is 7.80. The highest BCUT2D eigenvalue weighted by molar-refractivity contribution is 5.83. The molecule has 0 unspecified atom stereocenters. The van der Waals surface area contributed by atoms with Crippen LogP contribution in [0.4, 0.5) is 9.59 Å². The molecule has 25 heavy (non-hydrogen) atoms. The zero-order valence-corrected chi connectivity index (χ0v) is 13.9. The van der Waals surface area contributed by atoms with Gasteiger partial charge < -0.3 is 23.4 Å². The molecule has 8 nitrogen and oxygen atoms in total. The molecule has 2 rings (SSSR count). The minimum Gasteiger partial charge on any atom is -0.434 e. The highest BCUT2D eigenvalue weighted by atomic mass is 16.7. The lowest BCUT2D eigenvalue weighted by Gasteiger charge is -2.11. The van der Waals surface area contributed by atoms with Gasteiger partial charge >= 0.3 is 17.9 Å². The molecule has 0 spiro atoms. The Morgan fingerprint density at radius 1 is 0.920 bits per heavy atom. The summed E-state index contributed by atoms with van der Waals surface area (Å²) in [5.74, 6) is -0.188. The largest absolute Gasteiger partial charge is 0.513 e. The average Bonchev–Trinajstić information content (AvgIpc) is 2.58. The molecule has 8 heteroatoms. The van der Waals surface area contributed by atoms with E-state index >= 15 is 0 Å². The van der Waals surface area contributed by atoms with E-state index in [-0.39, 0.29) is 30.3 Å². The fourth-order valence-corrected chi connectivity index (χ4v) is 1.84. The zero-order valence-electron chi connectivity index (χ0n) is 13.9. The predicted octanol–water partition coefficient (Wildman–Crippen LogP) is 3.64. The summed E-state index contributed by atoms with van der Waals surface area (Å²) in [6.45, 7) is 4.03. The number of hydrogen-bond acceptors (Lipinski definition) is 8. The molecule has 0 radical (unpaired) electrons. The van der Waals surface area contributed by atoms with Gasteiger partial charge in [-0.1, -0.05) is 13.8 Å². The fourth-order valence-electron chi connectivity index (χ4n) is 1.84. The zero-order chi connectivity index (χ0) is 18.2. The van der Waals surface area contributed by atoms with Gasteiger partial charge in [0.25, 0.3) is 0 Å². The molecule has 0 aliphatic rings. The molecular formula is C17H18O8. The summed E-state index contributed by atoms with van der Waals surface area (Å²) in [5.41, 5.74) is -0.400. The molecule has 0 atom stereocenters. The lowest BCUT2D eigenvalue weighted by molar-refractivity contribution is 0.0894. The van der Waals surface area contributed by atoms with Crippen LogP contribution in [-0.4, -0.2) is 25.5 Å². The summed E-state index contributed by atoms with van der Waals surface area (Å²) in [6.07, 6.45) is -0.657. The minimum absolute atomic E-state index is 0.0594. The molecule has 0 bridgehead atoms. The molecule has 0 amide bonds. The maximum absolute atomic E-state index is 11.7. The molecule has 0 saturated heterocycles. The molecule has 1 heterocycles. The van der Waals surface area contributed by atoms with Crippen LogP contribution >= 0.6 is 0 Å². The van der Waals surface area contributed by atoms with Crippen molar-refractivity contribution in [2.45, 2.75) is 26.7 Å². The van der Waals surface area contributed by atoms with Gasteiger partial charge in [-0.3, -0.25) is 0 Å². The van der Waals surface area contributed by atoms with Crippen molar-refractivity contribution in [2.75, 3.05) is 13.2 Å². The Morgan fingerprint density at radius 2 is 1.48 bits per heavy atom. The van der Waals surface area contributed by atoms with Crippen LogP contribution in [0.3, 0.4) is 0 Å². The fraction of sp³-hybridized carbons (Fsp3) is 0.353. The lowest BCUT2D eigenvalue weighted by atomic mass is 10.2. The Hall–Kier alpha value is -3.03. The van der Waals surface area contributed by atoms with Crippen molar-refractivity contribution in [1.82, 2.24) is 0 Å². The van der Waals surface area contributed by atoms with Crippen LogP contribution in [0.1, 0.15) is 26.7 Å². The van der Waals surface area contributed by atoms with Gasteiger partial charge in [0.1, 0.15) is 5.58 Å².